The van der Waals surface area contributed by atoms with E-state index in [0.717, 1.165) is 11.1 Å². The molecule has 3 aromatic rings. The predicted molar refractivity (Wildman–Crippen MR) is 89.0 cm³/mol. The van der Waals surface area contributed by atoms with Gasteiger partial charge in [0.2, 0.25) is 11.7 Å². The molecular formula is C19H17FN2O3. The number of carbonyl (C=O) groups excluding carboxylic acids is 1. The first-order chi connectivity index (χ1) is 12.1. The van der Waals surface area contributed by atoms with Crippen LogP contribution < -0.4 is 0 Å². The van der Waals surface area contributed by atoms with Gasteiger partial charge in [0, 0.05) is 12.0 Å². The molecule has 3 rings (SSSR count). The fourth-order valence-electron chi connectivity index (χ4n) is 2.25. The molecule has 0 radical (unpaired) electrons. The van der Waals surface area contributed by atoms with Crippen molar-refractivity contribution in [2.75, 3.05) is 0 Å². The van der Waals surface area contributed by atoms with Crippen LogP contribution >= 0.6 is 0 Å². The van der Waals surface area contributed by atoms with Crippen molar-refractivity contribution >= 4 is 5.97 Å². The highest BCUT2D eigenvalue weighted by Gasteiger charge is 2.11. The van der Waals surface area contributed by atoms with E-state index in [4.69, 9.17) is 9.26 Å². The highest BCUT2D eigenvalue weighted by molar-refractivity contribution is 5.69. The first-order valence-corrected chi connectivity index (χ1v) is 7.90. The molecule has 0 aliphatic carbocycles. The smallest absolute Gasteiger partial charge is 0.306 e. The summed E-state index contributed by atoms with van der Waals surface area (Å²) in [7, 11) is 0. The number of benzene rings is 2. The molecule has 0 spiro atoms. The summed E-state index contributed by atoms with van der Waals surface area (Å²) in [5.41, 5.74) is 2.61. The van der Waals surface area contributed by atoms with Crippen LogP contribution in [0.4, 0.5) is 4.39 Å². The second-order valence-electron chi connectivity index (χ2n) is 5.67. The molecule has 1 heterocycles. The van der Waals surface area contributed by atoms with E-state index in [-0.39, 0.29) is 18.8 Å². The zero-order chi connectivity index (χ0) is 17.6. The fourth-order valence-corrected chi connectivity index (χ4v) is 2.25. The van der Waals surface area contributed by atoms with Gasteiger partial charge in [0.1, 0.15) is 12.4 Å². The van der Waals surface area contributed by atoms with Crippen LogP contribution in [0.2, 0.25) is 0 Å². The summed E-state index contributed by atoms with van der Waals surface area (Å²) in [4.78, 5) is 16.1. The number of carbonyl (C=O) groups is 1. The van der Waals surface area contributed by atoms with Crippen LogP contribution in [0.5, 0.6) is 0 Å². The molecule has 0 saturated carbocycles. The number of hydrogen-bond donors (Lipinski definition) is 0. The van der Waals surface area contributed by atoms with Crippen LogP contribution in [0.25, 0.3) is 11.4 Å². The third kappa shape index (κ3) is 4.73. The molecule has 0 atom stereocenters. The summed E-state index contributed by atoms with van der Waals surface area (Å²) in [6, 6.07) is 13.7. The normalized spacial score (nSPS) is 10.6. The van der Waals surface area contributed by atoms with E-state index in [1.165, 1.54) is 12.1 Å². The third-order valence-electron chi connectivity index (χ3n) is 3.61. The number of esters is 1. The standard InChI is InChI=1S/C19H17FN2O3/c1-13-5-7-15(8-6-13)19-21-17(25-22-19)9-10-18(23)24-12-14-3-2-4-16(20)11-14/h2-8,11H,9-10,12H2,1H3. The molecule has 128 valence electrons. The van der Waals surface area contributed by atoms with Crippen molar-refractivity contribution in [3.8, 4) is 11.4 Å². The Kier molecular flexibility index (Phi) is 5.18. The number of nitrogens with zero attached hydrogens (tertiary/aromatic N) is 2. The summed E-state index contributed by atoms with van der Waals surface area (Å²) in [6.07, 6.45) is 0.408. The first kappa shape index (κ1) is 16.8. The lowest BCUT2D eigenvalue weighted by atomic mass is 10.1. The minimum Gasteiger partial charge on any atom is -0.461 e. The van der Waals surface area contributed by atoms with Gasteiger partial charge < -0.3 is 9.26 Å². The maximum Gasteiger partial charge on any atom is 0.306 e. The molecule has 2 aromatic carbocycles. The summed E-state index contributed by atoms with van der Waals surface area (Å²) >= 11 is 0. The molecule has 6 heteroatoms. The lowest BCUT2D eigenvalue weighted by Crippen LogP contribution is -2.06. The van der Waals surface area contributed by atoms with E-state index in [0.29, 0.717) is 23.7 Å². The summed E-state index contributed by atoms with van der Waals surface area (Å²) in [6.45, 7) is 2.04. The third-order valence-corrected chi connectivity index (χ3v) is 3.61. The number of halogens is 1. The summed E-state index contributed by atoms with van der Waals surface area (Å²) < 4.78 is 23.3. The Morgan fingerprint density at radius 3 is 2.76 bits per heavy atom. The average Bonchev–Trinajstić information content (AvgIpc) is 3.08. The Bertz CT molecular complexity index is 859. The number of rotatable bonds is 6. The molecule has 0 saturated heterocycles. The number of aryl methyl sites for hydroxylation is 2. The van der Waals surface area contributed by atoms with Crippen LogP contribution in [0.1, 0.15) is 23.4 Å². The highest BCUT2D eigenvalue weighted by Crippen LogP contribution is 2.17. The van der Waals surface area contributed by atoms with Gasteiger partial charge in [-0.05, 0) is 24.6 Å². The zero-order valence-electron chi connectivity index (χ0n) is 13.7. The SMILES string of the molecule is Cc1ccc(-c2noc(CCC(=O)OCc3cccc(F)c3)n2)cc1. The van der Waals surface area contributed by atoms with Crippen LogP contribution in [0.3, 0.4) is 0 Å². The van der Waals surface area contributed by atoms with Crippen LogP contribution in [-0.4, -0.2) is 16.1 Å². The monoisotopic (exact) mass is 340 g/mol. The summed E-state index contributed by atoms with van der Waals surface area (Å²) in [5, 5.41) is 3.92. The maximum absolute atomic E-state index is 13.1. The quantitative estimate of drug-likeness (QED) is 0.638. The van der Waals surface area contributed by atoms with Gasteiger partial charge in [-0.1, -0.05) is 47.1 Å². The van der Waals surface area contributed by atoms with Crippen LogP contribution in [0, 0.1) is 12.7 Å². The average molecular weight is 340 g/mol. The molecule has 0 N–H and O–H groups in total. The Morgan fingerprint density at radius 1 is 1.20 bits per heavy atom. The van der Waals surface area contributed by atoms with Crippen molar-refractivity contribution in [1.82, 2.24) is 10.1 Å². The largest absolute Gasteiger partial charge is 0.461 e. The van der Waals surface area contributed by atoms with E-state index in [9.17, 15) is 9.18 Å². The van der Waals surface area contributed by atoms with Gasteiger partial charge in [-0.25, -0.2) is 4.39 Å². The second-order valence-corrected chi connectivity index (χ2v) is 5.67. The molecule has 0 bridgehead atoms. The lowest BCUT2D eigenvalue weighted by molar-refractivity contribution is -0.145. The van der Waals surface area contributed by atoms with Crippen LogP contribution in [0.15, 0.2) is 53.1 Å². The number of hydrogen-bond acceptors (Lipinski definition) is 5. The maximum atomic E-state index is 13.1. The number of ether oxygens (including phenoxy) is 1. The highest BCUT2D eigenvalue weighted by atomic mass is 19.1. The molecule has 25 heavy (non-hydrogen) atoms. The number of aromatic nitrogens is 2. The topological polar surface area (TPSA) is 65.2 Å². The van der Waals surface area contributed by atoms with Gasteiger partial charge in [0.15, 0.2) is 0 Å². The molecule has 5 nitrogen and oxygen atoms in total. The van der Waals surface area contributed by atoms with E-state index in [1.54, 1.807) is 12.1 Å². The fraction of sp³-hybridized carbons (Fsp3) is 0.211. The first-order valence-electron chi connectivity index (χ1n) is 7.90. The second kappa shape index (κ2) is 7.70. The summed E-state index contributed by atoms with van der Waals surface area (Å²) in [5.74, 6) is 0.101. The van der Waals surface area contributed by atoms with Crippen molar-refractivity contribution < 1.29 is 18.4 Å². The Labute approximate surface area is 144 Å². The van der Waals surface area contributed by atoms with Gasteiger partial charge >= 0.3 is 5.97 Å². The Morgan fingerprint density at radius 2 is 2.00 bits per heavy atom. The molecule has 0 aliphatic heterocycles. The van der Waals surface area contributed by atoms with Crippen molar-refractivity contribution in [3.05, 3.63) is 71.4 Å². The Hall–Kier alpha value is -3.02. The molecule has 0 fully saturated rings. The molecule has 0 unspecified atom stereocenters. The van der Waals surface area contributed by atoms with Crippen molar-refractivity contribution in [1.29, 1.82) is 0 Å². The molecule has 0 aliphatic rings. The van der Waals surface area contributed by atoms with E-state index >= 15 is 0 Å². The molecule has 1 aromatic heterocycles. The van der Waals surface area contributed by atoms with Gasteiger partial charge in [-0.15, -0.1) is 0 Å². The molecule has 0 amide bonds. The van der Waals surface area contributed by atoms with Gasteiger partial charge in [-0.3, -0.25) is 4.79 Å². The predicted octanol–water partition coefficient (Wildman–Crippen LogP) is 3.86. The van der Waals surface area contributed by atoms with Crippen molar-refractivity contribution in [2.24, 2.45) is 0 Å². The van der Waals surface area contributed by atoms with Gasteiger partial charge in [-0.2, -0.15) is 4.98 Å². The van der Waals surface area contributed by atoms with Crippen molar-refractivity contribution in [3.63, 3.8) is 0 Å². The van der Waals surface area contributed by atoms with Gasteiger partial charge in [0.25, 0.3) is 0 Å². The minimum atomic E-state index is -0.403. The zero-order valence-corrected chi connectivity index (χ0v) is 13.7. The lowest BCUT2D eigenvalue weighted by Gasteiger charge is -2.04. The van der Waals surface area contributed by atoms with Crippen molar-refractivity contribution in [2.45, 2.75) is 26.4 Å². The Balaban J connectivity index is 1.50. The molecular weight excluding hydrogens is 323 g/mol. The van der Waals surface area contributed by atoms with E-state index in [1.807, 2.05) is 31.2 Å². The van der Waals surface area contributed by atoms with E-state index in [2.05, 4.69) is 10.1 Å². The van der Waals surface area contributed by atoms with E-state index < -0.39 is 5.97 Å². The van der Waals surface area contributed by atoms with Crippen LogP contribution in [-0.2, 0) is 22.6 Å². The van der Waals surface area contributed by atoms with Gasteiger partial charge in [0.05, 0.1) is 6.42 Å². The minimum absolute atomic E-state index is 0.0367.